The predicted octanol–water partition coefficient (Wildman–Crippen LogP) is -3.60. The van der Waals surface area contributed by atoms with Crippen molar-refractivity contribution < 1.29 is 43.4 Å². The van der Waals surface area contributed by atoms with E-state index in [9.17, 15) is 24.4 Å². The Labute approximate surface area is 113 Å². The highest BCUT2D eigenvalue weighted by Crippen LogP contribution is 2.37. The summed E-state index contributed by atoms with van der Waals surface area (Å²) in [7, 11) is -4.74. The van der Waals surface area contributed by atoms with Gasteiger partial charge in [0.05, 0.1) is 13.2 Å². The summed E-state index contributed by atoms with van der Waals surface area (Å²) >= 11 is 0. The smallest absolute Gasteiger partial charge is 0.387 e. The number of hydrogen-bond acceptors (Lipinski definition) is 7. The summed E-state index contributed by atoms with van der Waals surface area (Å²) in [6, 6.07) is 0. The zero-order valence-corrected chi connectivity index (χ0v) is 11.0. The summed E-state index contributed by atoms with van der Waals surface area (Å²) in [5.41, 5.74) is 0. The highest BCUT2D eigenvalue weighted by atomic mass is 31.2. The Bertz CT molecular complexity index is 399. The van der Waals surface area contributed by atoms with Crippen molar-refractivity contribution in [2.75, 3.05) is 13.2 Å². The molecular formula is C8H15N2O9P. The quantitative estimate of drug-likeness (QED) is 0.205. The van der Waals surface area contributed by atoms with Crippen molar-refractivity contribution in [3.05, 3.63) is 0 Å². The van der Waals surface area contributed by atoms with E-state index in [2.05, 4.69) is 15.2 Å². The lowest BCUT2D eigenvalue weighted by Gasteiger charge is -2.16. The molecule has 4 atom stereocenters. The van der Waals surface area contributed by atoms with Crippen LogP contribution in [0.1, 0.15) is 0 Å². The number of phosphoric ester groups is 1. The number of carbonyl (C=O) groups is 2. The van der Waals surface area contributed by atoms with E-state index in [0.29, 0.717) is 6.41 Å². The van der Waals surface area contributed by atoms with Crippen molar-refractivity contribution in [1.29, 1.82) is 0 Å². The highest BCUT2D eigenvalue weighted by molar-refractivity contribution is 7.46. The Kier molecular flexibility index (Phi) is 6.02. The third-order valence-electron chi connectivity index (χ3n) is 2.42. The molecule has 1 fully saturated rings. The second-order valence-corrected chi connectivity index (χ2v) is 5.17. The van der Waals surface area contributed by atoms with Gasteiger partial charge in [0.2, 0.25) is 12.3 Å². The first-order valence-corrected chi connectivity index (χ1v) is 6.95. The summed E-state index contributed by atoms with van der Waals surface area (Å²) in [5, 5.41) is 23.4. The number of nitrogens with one attached hydrogen (secondary N) is 2. The minimum atomic E-state index is -4.74. The summed E-state index contributed by atoms with van der Waals surface area (Å²) < 4.78 is 19.7. The minimum absolute atomic E-state index is 0.303. The number of carbonyl (C=O) groups excluding carboxylic acids is 2. The molecule has 1 aliphatic rings. The largest absolute Gasteiger partial charge is 0.469 e. The van der Waals surface area contributed by atoms with Crippen molar-refractivity contribution in [3.63, 3.8) is 0 Å². The molecular weight excluding hydrogens is 299 g/mol. The normalized spacial score (nSPS) is 30.0. The van der Waals surface area contributed by atoms with E-state index in [0.717, 1.165) is 0 Å². The van der Waals surface area contributed by atoms with Gasteiger partial charge in [-0.1, -0.05) is 0 Å². The van der Waals surface area contributed by atoms with E-state index < -0.39 is 44.9 Å². The van der Waals surface area contributed by atoms with E-state index in [1.165, 1.54) is 0 Å². The van der Waals surface area contributed by atoms with Crippen molar-refractivity contribution in [2.45, 2.75) is 24.5 Å². The molecule has 2 amide bonds. The Morgan fingerprint density at radius 1 is 1.35 bits per heavy atom. The Balaban J connectivity index is 2.49. The number of hydrogen-bond donors (Lipinski definition) is 6. The van der Waals surface area contributed by atoms with Gasteiger partial charge in [0.15, 0.2) is 6.23 Å². The van der Waals surface area contributed by atoms with E-state index in [-0.39, 0.29) is 6.54 Å². The first kappa shape index (κ1) is 17.0. The van der Waals surface area contributed by atoms with Crippen LogP contribution in [-0.4, -0.2) is 70.0 Å². The van der Waals surface area contributed by atoms with Crippen LogP contribution in [0.3, 0.4) is 0 Å². The first-order valence-electron chi connectivity index (χ1n) is 5.42. The molecule has 1 saturated heterocycles. The van der Waals surface area contributed by atoms with Gasteiger partial charge in [-0.25, -0.2) is 4.57 Å². The number of aliphatic hydroxyl groups excluding tert-OH is 2. The molecule has 0 aromatic carbocycles. The van der Waals surface area contributed by atoms with Gasteiger partial charge in [0.1, 0.15) is 18.3 Å². The molecule has 0 aliphatic carbocycles. The maximum absolute atomic E-state index is 11.3. The van der Waals surface area contributed by atoms with Crippen molar-refractivity contribution in [2.24, 2.45) is 0 Å². The van der Waals surface area contributed by atoms with Crippen molar-refractivity contribution in [1.82, 2.24) is 10.6 Å². The van der Waals surface area contributed by atoms with Gasteiger partial charge in [-0.3, -0.25) is 14.1 Å². The van der Waals surface area contributed by atoms with Gasteiger partial charge < -0.3 is 35.4 Å². The maximum Gasteiger partial charge on any atom is 0.469 e. The molecule has 0 spiro atoms. The molecule has 0 aromatic rings. The summed E-state index contributed by atoms with van der Waals surface area (Å²) in [5.74, 6) is -0.676. The molecule has 0 aromatic heterocycles. The molecule has 2 unspecified atom stereocenters. The standard InChI is InChI=1S/C8H15N2O9P/c11-3-9-1-5(12)10-8-7(14)6(13)4(19-8)2-18-20(15,16)17/h3-4,6-8,13-14H,1-2H2,(H,9,11)(H,10,12)(H2,15,16,17)/t4-,6+,7?,8?/m1/s1. The molecule has 11 nitrogen and oxygen atoms in total. The molecule has 1 aliphatic heterocycles. The van der Waals surface area contributed by atoms with E-state index in [4.69, 9.17) is 14.5 Å². The van der Waals surface area contributed by atoms with Gasteiger partial charge in [0, 0.05) is 0 Å². The molecule has 20 heavy (non-hydrogen) atoms. The van der Waals surface area contributed by atoms with Gasteiger partial charge in [-0.05, 0) is 0 Å². The number of phosphoric acid groups is 1. The first-order chi connectivity index (χ1) is 9.24. The minimum Gasteiger partial charge on any atom is -0.387 e. The van der Waals surface area contributed by atoms with Crippen LogP contribution in [0, 0.1) is 0 Å². The van der Waals surface area contributed by atoms with Crippen LogP contribution in [0.15, 0.2) is 0 Å². The zero-order valence-electron chi connectivity index (χ0n) is 10.1. The summed E-state index contributed by atoms with van der Waals surface area (Å²) in [6.45, 7) is -1.02. The lowest BCUT2D eigenvalue weighted by molar-refractivity contribution is -0.127. The average Bonchev–Trinajstić information content (AvgIpc) is 2.61. The van der Waals surface area contributed by atoms with Gasteiger partial charge in [0.25, 0.3) is 0 Å². The zero-order chi connectivity index (χ0) is 15.3. The Morgan fingerprint density at radius 2 is 2.00 bits per heavy atom. The topological polar surface area (TPSA) is 175 Å². The number of ether oxygens (including phenoxy) is 1. The summed E-state index contributed by atoms with van der Waals surface area (Å²) in [4.78, 5) is 38.3. The molecule has 0 saturated carbocycles. The van der Waals surface area contributed by atoms with E-state index >= 15 is 0 Å². The Morgan fingerprint density at radius 3 is 2.55 bits per heavy atom. The highest BCUT2D eigenvalue weighted by Gasteiger charge is 2.44. The fraction of sp³-hybridized carbons (Fsp3) is 0.750. The van der Waals surface area contributed by atoms with Crippen LogP contribution >= 0.6 is 7.82 Å². The predicted molar refractivity (Wildman–Crippen MR) is 60.9 cm³/mol. The molecule has 6 N–H and O–H groups in total. The fourth-order valence-electron chi connectivity index (χ4n) is 1.52. The van der Waals surface area contributed by atoms with Crippen molar-refractivity contribution >= 4 is 20.1 Å². The van der Waals surface area contributed by atoms with Crippen LogP contribution in [-0.2, 0) is 23.4 Å². The van der Waals surface area contributed by atoms with Crippen LogP contribution < -0.4 is 10.6 Å². The third-order valence-corrected chi connectivity index (χ3v) is 2.90. The Hall–Kier alpha value is -1.07. The molecule has 1 heterocycles. The lowest BCUT2D eigenvalue weighted by atomic mass is 10.1. The number of amides is 2. The average molecular weight is 314 g/mol. The molecule has 12 heteroatoms. The number of rotatable bonds is 7. The molecule has 1 rings (SSSR count). The number of aliphatic hydroxyl groups is 2. The molecule has 0 bridgehead atoms. The maximum atomic E-state index is 11.3. The lowest BCUT2D eigenvalue weighted by Crippen LogP contribution is -2.46. The summed E-state index contributed by atoms with van der Waals surface area (Å²) in [6.07, 6.45) is -5.19. The van der Waals surface area contributed by atoms with Crippen LogP contribution in [0.4, 0.5) is 0 Å². The van der Waals surface area contributed by atoms with Gasteiger partial charge >= 0.3 is 7.82 Å². The SMILES string of the molecule is O=CNCC(=O)NC1O[C@H](COP(=O)(O)O)[C@H](O)C1O. The monoisotopic (exact) mass is 314 g/mol. The van der Waals surface area contributed by atoms with E-state index in [1.54, 1.807) is 0 Å². The fourth-order valence-corrected chi connectivity index (χ4v) is 1.86. The molecule has 0 radical (unpaired) electrons. The van der Waals surface area contributed by atoms with Gasteiger partial charge in [-0.15, -0.1) is 0 Å². The van der Waals surface area contributed by atoms with E-state index in [1.807, 2.05) is 0 Å². The van der Waals surface area contributed by atoms with Crippen LogP contribution in [0.2, 0.25) is 0 Å². The van der Waals surface area contributed by atoms with Crippen LogP contribution in [0.25, 0.3) is 0 Å². The third kappa shape index (κ3) is 5.13. The van der Waals surface area contributed by atoms with Crippen LogP contribution in [0.5, 0.6) is 0 Å². The molecule has 116 valence electrons. The van der Waals surface area contributed by atoms with Gasteiger partial charge in [-0.2, -0.15) is 0 Å². The van der Waals surface area contributed by atoms with Crippen molar-refractivity contribution in [3.8, 4) is 0 Å². The second kappa shape index (κ2) is 7.09. The second-order valence-electron chi connectivity index (χ2n) is 3.93.